The van der Waals surface area contributed by atoms with Crippen LogP contribution in [0.4, 0.5) is 4.79 Å². The zero-order chi connectivity index (χ0) is 15.2. The predicted octanol–water partition coefficient (Wildman–Crippen LogP) is 1.19. The van der Waals surface area contributed by atoms with E-state index in [1.807, 2.05) is 0 Å². The second-order valence-corrected chi connectivity index (χ2v) is 5.99. The molecule has 118 valence electrons. The SMILES string of the molecule is CN(CCNC(=O)NC1C=CC(C(=O)O)C1)C1CCCC1. The van der Waals surface area contributed by atoms with Gasteiger partial charge in [0.2, 0.25) is 0 Å². The maximum absolute atomic E-state index is 11.8. The van der Waals surface area contributed by atoms with Gasteiger partial charge >= 0.3 is 12.0 Å². The lowest BCUT2D eigenvalue weighted by Gasteiger charge is -2.24. The van der Waals surface area contributed by atoms with Gasteiger partial charge in [-0.2, -0.15) is 0 Å². The van der Waals surface area contributed by atoms with Gasteiger partial charge < -0.3 is 20.6 Å². The third-order valence-electron chi connectivity index (χ3n) is 4.42. The molecule has 0 bridgehead atoms. The van der Waals surface area contributed by atoms with Crippen LogP contribution in [-0.2, 0) is 4.79 Å². The first-order chi connectivity index (χ1) is 10.1. The van der Waals surface area contributed by atoms with Crippen LogP contribution in [-0.4, -0.2) is 54.2 Å². The van der Waals surface area contributed by atoms with Gasteiger partial charge in [-0.05, 0) is 26.3 Å². The molecule has 0 aliphatic heterocycles. The van der Waals surface area contributed by atoms with E-state index in [-0.39, 0.29) is 12.1 Å². The number of rotatable bonds is 6. The van der Waals surface area contributed by atoms with Crippen molar-refractivity contribution < 1.29 is 14.7 Å². The molecule has 2 amide bonds. The average molecular weight is 295 g/mol. The summed E-state index contributed by atoms with van der Waals surface area (Å²) in [6, 6.07) is 0.248. The molecule has 0 aromatic carbocycles. The summed E-state index contributed by atoms with van der Waals surface area (Å²) in [5.41, 5.74) is 0. The molecule has 6 heteroatoms. The van der Waals surface area contributed by atoms with Gasteiger partial charge in [-0.25, -0.2) is 4.79 Å². The number of carboxylic acids is 1. The maximum atomic E-state index is 11.8. The Morgan fingerprint density at radius 3 is 2.62 bits per heavy atom. The molecule has 1 fully saturated rings. The molecule has 2 aliphatic rings. The van der Waals surface area contributed by atoms with Crippen molar-refractivity contribution in [3.05, 3.63) is 12.2 Å². The van der Waals surface area contributed by atoms with Crippen molar-refractivity contribution in [2.24, 2.45) is 5.92 Å². The Hall–Kier alpha value is -1.56. The van der Waals surface area contributed by atoms with Gasteiger partial charge in [0.05, 0.1) is 12.0 Å². The van der Waals surface area contributed by atoms with Gasteiger partial charge in [-0.15, -0.1) is 0 Å². The van der Waals surface area contributed by atoms with E-state index in [2.05, 4.69) is 22.6 Å². The van der Waals surface area contributed by atoms with Crippen LogP contribution in [0, 0.1) is 5.92 Å². The van der Waals surface area contributed by atoms with E-state index >= 15 is 0 Å². The number of amides is 2. The molecule has 3 N–H and O–H groups in total. The summed E-state index contributed by atoms with van der Waals surface area (Å²) in [4.78, 5) is 24.9. The third kappa shape index (κ3) is 4.74. The summed E-state index contributed by atoms with van der Waals surface area (Å²) < 4.78 is 0. The number of hydrogen-bond donors (Lipinski definition) is 3. The van der Waals surface area contributed by atoms with E-state index in [1.165, 1.54) is 25.7 Å². The number of nitrogens with one attached hydrogen (secondary N) is 2. The minimum absolute atomic E-state index is 0.182. The number of nitrogens with zero attached hydrogens (tertiary/aromatic N) is 1. The van der Waals surface area contributed by atoms with Crippen molar-refractivity contribution in [1.29, 1.82) is 0 Å². The van der Waals surface area contributed by atoms with E-state index in [1.54, 1.807) is 12.2 Å². The van der Waals surface area contributed by atoms with Crippen molar-refractivity contribution in [2.45, 2.75) is 44.2 Å². The molecule has 21 heavy (non-hydrogen) atoms. The van der Waals surface area contributed by atoms with Gasteiger partial charge in [-0.3, -0.25) is 4.79 Å². The maximum Gasteiger partial charge on any atom is 0.315 e. The van der Waals surface area contributed by atoms with Gasteiger partial charge in [0.1, 0.15) is 0 Å². The van der Waals surface area contributed by atoms with Gasteiger partial charge in [0, 0.05) is 19.1 Å². The van der Waals surface area contributed by atoms with Crippen molar-refractivity contribution in [3.8, 4) is 0 Å². The summed E-state index contributed by atoms with van der Waals surface area (Å²) in [5.74, 6) is -1.32. The van der Waals surface area contributed by atoms with Crippen LogP contribution in [0.3, 0.4) is 0 Å². The van der Waals surface area contributed by atoms with Gasteiger partial charge in [-0.1, -0.05) is 25.0 Å². The van der Waals surface area contributed by atoms with Crippen LogP contribution in [0.15, 0.2) is 12.2 Å². The highest BCUT2D eigenvalue weighted by Gasteiger charge is 2.25. The number of urea groups is 1. The molecular formula is C15H25N3O3. The van der Waals surface area contributed by atoms with Crippen LogP contribution in [0.2, 0.25) is 0 Å². The summed E-state index contributed by atoms with van der Waals surface area (Å²) >= 11 is 0. The zero-order valence-corrected chi connectivity index (χ0v) is 12.5. The fourth-order valence-electron chi connectivity index (χ4n) is 3.08. The second-order valence-electron chi connectivity index (χ2n) is 5.99. The number of hydrogen-bond acceptors (Lipinski definition) is 3. The molecule has 2 rings (SSSR count). The quantitative estimate of drug-likeness (QED) is 0.643. The molecular weight excluding hydrogens is 270 g/mol. The zero-order valence-electron chi connectivity index (χ0n) is 12.5. The molecule has 2 unspecified atom stereocenters. The number of carboxylic acid groups (broad SMARTS) is 1. The lowest BCUT2D eigenvalue weighted by Crippen LogP contribution is -2.44. The largest absolute Gasteiger partial charge is 0.481 e. The lowest BCUT2D eigenvalue weighted by atomic mass is 10.1. The average Bonchev–Trinajstić information content (AvgIpc) is 3.09. The molecule has 0 aromatic rings. The van der Waals surface area contributed by atoms with Crippen molar-refractivity contribution in [1.82, 2.24) is 15.5 Å². The highest BCUT2D eigenvalue weighted by molar-refractivity contribution is 5.76. The summed E-state index contributed by atoms with van der Waals surface area (Å²) in [7, 11) is 2.10. The van der Waals surface area contributed by atoms with E-state index in [4.69, 9.17) is 5.11 Å². The van der Waals surface area contributed by atoms with Gasteiger partial charge in [0.15, 0.2) is 0 Å². The molecule has 1 saturated carbocycles. The molecule has 0 heterocycles. The molecule has 0 radical (unpaired) electrons. The molecule has 0 saturated heterocycles. The normalized spacial score (nSPS) is 25.4. The Morgan fingerprint density at radius 2 is 2.00 bits per heavy atom. The second kappa shape index (κ2) is 7.45. The lowest BCUT2D eigenvalue weighted by molar-refractivity contribution is -0.140. The third-order valence-corrected chi connectivity index (χ3v) is 4.42. The summed E-state index contributed by atoms with van der Waals surface area (Å²) in [6.45, 7) is 1.45. The van der Waals surface area contributed by atoms with E-state index in [0.717, 1.165) is 6.54 Å². The first-order valence-corrected chi connectivity index (χ1v) is 7.72. The monoisotopic (exact) mass is 295 g/mol. The Labute approximate surface area is 125 Å². The van der Waals surface area contributed by atoms with Crippen molar-refractivity contribution in [3.63, 3.8) is 0 Å². The Bertz CT molecular complexity index is 405. The van der Waals surface area contributed by atoms with Crippen LogP contribution >= 0.6 is 0 Å². The number of aliphatic carboxylic acids is 1. The van der Waals surface area contributed by atoms with Crippen LogP contribution < -0.4 is 10.6 Å². The van der Waals surface area contributed by atoms with Crippen LogP contribution in [0.25, 0.3) is 0 Å². The van der Waals surface area contributed by atoms with E-state index in [0.29, 0.717) is 19.0 Å². The van der Waals surface area contributed by atoms with E-state index < -0.39 is 11.9 Å². The first kappa shape index (κ1) is 15.8. The van der Waals surface area contributed by atoms with Crippen molar-refractivity contribution in [2.75, 3.05) is 20.1 Å². The highest BCUT2D eigenvalue weighted by Crippen LogP contribution is 2.21. The number of likely N-dealkylation sites (N-methyl/N-ethyl adjacent to an activating group) is 1. The van der Waals surface area contributed by atoms with Gasteiger partial charge in [0.25, 0.3) is 0 Å². The fraction of sp³-hybridized carbons (Fsp3) is 0.733. The van der Waals surface area contributed by atoms with Crippen molar-refractivity contribution >= 4 is 12.0 Å². The Balaban J connectivity index is 1.60. The smallest absolute Gasteiger partial charge is 0.315 e. The first-order valence-electron chi connectivity index (χ1n) is 7.72. The summed E-state index contributed by atoms with van der Waals surface area (Å²) in [5, 5.41) is 14.5. The fourth-order valence-corrected chi connectivity index (χ4v) is 3.08. The molecule has 0 spiro atoms. The summed E-state index contributed by atoms with van der Waals surface area (Å²) in [6.07, 6.45) is 8.95. The number of carbonyl (C=O) groups is 2. The minimum atomic E-state index is -0.839. The molecule has 2 aliphatic carbocycles. The Morgan fingerprint density at radius 1 is 1.29 bits per heavy atom. The molecule has 6 nitrogen and oxygen atoms in total. The minimum Gasteiger partial charge on any atom is -0.481 e. The Kier molecular flexibility index (Phi) is 5.61. The van der Waals surface area contributed by atoms with Crippen LogP contribution in [0.1, 0.15) is 32.1 Å². The van der Waals surface area contributed by atoms with Crippen LogP contribution in [0.5, 0.6) is 0 Å². The standard InChI is InChI=1S/C15H25N3O3/c1-18(13-4-2-3-5-13)9-8-16-15(21)17-12-7-6-11(10-12)14(19)20/h6-7,11-13H,2-5,8-10H2,1H3,(H,19,20)(H2,16,17,21). The highest BCUT2D eigenvalue weighted by atomic mass is 16.4. The van der Waals surface area contributed by atoms with E-state index in [9.17, 15) is 9.59 Å². The number of carbonyl (C=O) groups excluding carboxylic acids is 1. The molecule has 0 aromatic heterocycles. The molecule has 2 atom stereocenters. The topological polar surface area (TPSA) is 81.7 Å². The predicted molar refractivity (Wildman–Crippen MR) is 80.1 cm³/mol.